The Balaban J connectivity index is 2.08. The van der Waals surface area contributed by atoms with Crippen LogP contribution in [0, 0.1) is 5.92 Å². The highest BCUT2D eigenvalue weighted by molar-refractivity contribution is 5.11. The average molecular weight is 238 g/mol. The lowest BCUT2D eigenvalue weighted by Gasteiger charge is -2.38. The second-order valence-corrected chi connectivity index (χ2v) is 5.03. The molecule has 1 aliphatic rings. The highest BCUT2D eigenvalue weighted by atomic mass is 16.3. The Morgan fingerprint density at radius 2 is 2.41 bits per heavy atom. The first-order valence-corrected chi connectivity index (χ1v) is 6.22. The van der Waals surface area contributed by atoms with Crippen LogP contribution in [0.5, 0.6) is 0 Å². The minimum Gasteiger partial charge on any atom is -0.392 e. The van der Waals surface area contributed by atoms with E-state index in [2.05, 4.69) is 16.9 Å². The van der Waals surface area contributed by atoms with Gasteiger partial charge in [-0.2, -0.15) is 5.10 Å². The van der Waals surface area contributed by atoms with E-state index in [0.717, 1.165) is 18.5 Å². The number of likely N-dealkylation sites (tertiary alicyclic amines) is 1. The van der Waals surface area contributed by atoms with Crippen molar-refractivity contribution >= 4 is 0 Å². The number of hydrogen-bond acceptors (Lipinski definition) is 4. The molecule has 1 fully saturated rings. The van der Waals surface area contributed by atoms with Crippen molar-refractivity contribution in [1.29, 1.82) is 0 Å². The van der Waals surface area contributed by atoms with Crippen LogP contribution in [-0.2, 0) is 7.05 Å². The van der Waals surface area contributed by atoms with Crippen LogP contribution < -0.4 is 5.73 Å². The summed E-state index contributed by atoms with van der Waals surface area (Å²) >= 11 is 0. The third-order valence-corrected chi connectivity index (χ3v) is 3.72. The van der Waals surface area contributed by atoms with Crippen LogP contribution in [0.1, 0.15) is 24.9 Å². The fourth-order valence-corrected chi connectivity index (χ4v) is 2.46. The molecule has 1 saturated heterocycles. The van der Waals surface area contributed by atoms with Gasteiger partial charge in [0.1, 0.15) is 0 Å². The lowest BCUT2D eigenvalue weighted by atomic mass is 9.94. The molecule has 1 aromatic rings. The molecular formula is C12H22N4O. The van der Waals surface area contributed by atoms with Gasteiger partial charge < -0.3 is 10.8 Å². The molecule has 0 spiro atoms. The van der Waals surface area contributed by atoms with Crippen LogP contribution >= 0.6 is 0 Å². The number of aryl methyl sites for hydroxylation is 1. The number of nitrogens with two attached hydrogens (primary N) is 1. The summed E-state index contributed by atoms with van der Waals surface area (Å²) in [6, 6.07) is 0.172. The number of hydrogen-bond donors (Lipinski definition) is 2. The van der Waals surface area contributed by atoms with Crippen LogP contribution in [0.15, 0.2) is 12.4 Å². The van der Waals surface area contributed by atoms with Gasteiger partial charge in [0.25, 0.3) is 0 Å². The van der Waals surface area contributed by atoms with Gasteiger partial charge in [0.2, 0.25) is 0 Å². The summed E-state index contributed by atoms with van der Waals surface area (Å²) in [7, 11) is 1.91. The number of aromatic nitrogens is 2. The predicted molar refractivity (Wildman–Crippen MR) is 66.4 cm³/mol. The van der Waals surface area contributed by atoms with Gasteiger partial charge in [0, 0.05) is 31.9 Å². The summed E-state index contributed by atoms with van der Waals surface area (Å²) in [5, 5.41) is 14.1. The summed E-state index contributed by atoms with van der Waals surface area (Å²) in [4.78, 5) is 2.27. The second kappa shape index (κ2) is 5.16. The largest absolute Gasteiger partial charge is 0.392 e. The van der Waals surface area contributed by atoms with E-state index in [1.807, 2.05) is 19.4 Å². The van der Waals surface area contributed by atoms with Gasteiger partial charge in [0.15, 0.2) is 0 Å². The lowest BCUT2D eigenvalue weighted by Crippen LogP contribution is -2.46. The van der Waals surface area contributed by atoms with Gasteiger partial charge >= 0.3 is 0 Å². The molecule has 0 radical (unpaired) electrons. The zero-order valence-corrected chi connectivity index (χ0v) is 10.6. The molecule has 5 nitrogen and oxygen atoms in total. The van der Waals surface area contributed by atoms with Gasteiger partial charge in [-0.1, -0.05) is 6.92 Å². The van der Waals surface area contributed by atoms with Crippen molar-refractivity contribution in [2.45, 2.75) is 25.5 Å². The molecule has 5 heteroatoms. The molecule has 0 bridgehead atoms. The molecule has 2 rings (SSSR count). The van der Waals surface area contributed by atoms with E-state index < -0.39 is 0 Å². The molecule has 3 N–H and O–H groups in total. The highest BCUT2D eigenvalue weighted by Crippen LogP contribution is 2.25. The average Bonchev–Trinajstić information content (AvgIpc) is 2.71. The molecule has 0 saturated carbocycles. The standard InChI is InChI=1S/C12H22N4O/c1-9-3-4-16(8-12(9)17)11(5-13)10-6-14-15(2)7-10/h6-7,9,11-12,17H,3-5,8,13H2,1-2H3. The fourth-order valence-electron chi connectivity index (χ4n) is 2.46. The van der Waals surface area contributed by atoms with E-state index in [-0.39, 0.29) is 12.1 Å². The smallest absolute Gasteiger partial charge is 0.0693 e. The third kappa shape index (κ3) is 2.68. The van der Waals surface area contributed by atoms with Crippen molar-refractivity contribution in [2.75, 3.05) is 19.6 Å². The normalized spacial score (nSPS) is 28.2. The topological polar surface area (TPSA) is 67.3 Å². The number of aliphatic hydroxyl groups excluding tert-OH is 1. The van der Waals surface area contributed by atoms with Crippen LogP contribution in [0.3, 0.4) is 0 Å². The van der Waals surface area contributed by atoms with Crippen LogP contribution in [-0.4, -0.2) is 45.5 Å². The van der Waals surface area contributed by atoms with Crippen LogP contribution in [0.25, 0.3) is 0 Å². The van der Waals surface area contributed by atoms with Crippen molar-refractivity contribution in [3.63, 3.8) is 0 Å². The van der Waals surface area contributed by atoms with Crippen LogP contribution in [0.2, 0.25) is 0 Å². The molecule has 2 heterocycles. The SMILES string of the molecule is CC1CCN(C(CN)c2cnn(C)c2)CC1O. The first kappa shape index (κ1) is 12.5. The van der Waals surface area contributed by atoms with Crippen molar-refractivity contribution in [3.05, 3.63) is 18.0 Å². The van der Waals surface area contributed by atoms with Gasteiger partial charge in [-0.05, 0) is 18.9 Å². The Hall–Kier alpha value is -0.910. The highest BCUT2D eigenvalue weighted by Gasteiger charge is 2.29. The van der Waals surface area contributed by atoms with E-state index in [1.165, 1.54) is 0 Å². The minimum atomic E-state index is -0.241. The number of aliphatic hydroxyl groups is 1. The molecule has 3 unspecified atom stereocenters. The maximum atomic E-state index is 9.94. The predicted octanol–water partition coefficient (Wildman–Crippen LogP) is 0.123. The summed E-state index contributed by atoms with van der Waals surface area (Å²) in [5.41, 5.74) is 7.00. The molecule has 3 atom stereocenters. The molecule has 0 aromatic carbocycles. The second-order valence-electron chi connectivity index (χ2n) is 5.03. The Morgan fingerprint density at radius 1 is 1.65 bits per heavy atom. The number of nitrogens with zero attached hydrogens (tertiary/aromatic N) is 3. The minimum absolute atomic E-state index is 0.172. The van der Waals surface area contributed by atoms with Crippen molar-refractivity contribution in [3.8, 4) is 0 Å². The first-order chi connectivity index (χ1) is 8.11. The zero-order valence-electron chi connectivity index (χ0n) is 10.6. The van der Waals surface area contributed by atoms with Gasteiger partial charge in [0.05, 0.1) is 18.3 Å². The number of β-amino-alcohol motifs (C(OH)–C–C–N with tert-alkyl or cyclic N) is 1. The molecule has 1 aliphatic heterocycles. The first-order valence-electron chi connectivity index (χ1n) is 6.22. The zero-order chi connectivity index (χ0) is 12.4. The molecule has 0 amide bonds. The summed E-state index contributed by atoms with van der Waals surface area (Å²) in [6.45, 7) is 4.36. The number of rotatable bonds is 3. The lowest BCUT2D eigenvalue weighted by molar-refractivity contribution is 0.0111. The molecular weight excluding hydrogens is 216 g/mol. The molecule has 17 heavy (non-hydrogen) atoms. The summed E-state index contributed by atoms with van der Waals surface area (Å²) in [6.07, 6.45) is 4.65. The molecule has 1 aromatic heterocycles. The summed E-state index contributed by atoms with van der Waals surface area (Å²) in [5.74, 6) is 0.388. The monoisotopic (exact) mass is 238 g/mol. The Morgan fingerprint density at radius 3 is 2.94 bits per heavy atom. The maximum absolute atomic E-state index is 9.94. The van der Waals surface area contributed by atoms with E-state index in [1.54, 1.807) is 4.68 Å². The summed E-state index contributed by atoms with van der Waals surface area (Å²) < 4.78 is 1.79. The van der Waals surface area contributed by atoms with E-state index in [0.29, 0.717) is 19.0 Å². The third-order valence-electron chi connectivity index (χ3n) is 3.72. The fraction of sp³-hybridized carbons (Fsp3) is 0.750. The Kier molecular flexibility index (Phi) is 3.81. The van der Waals surface area contributed by atoms with Crippen molar-refractivity contribution < 1.29 is 5.11 Å². The Labute approximate surface area is 102 Å². The Bertz CT molecular complexity index is 365. The van der Waals surface area contributed by atoms with Gasteiger partial charge in [-0.25, -0.2) is 0 Å². The quantitative estimate of drug-likeness (QED) is 0.785. The molecule has 0 aliphatic carbocycles. The van der Waals surface area contributed by atoms with E-state index >= 15 is 0 Å². The van der Waals surface area contributed by atoms with Gasteiger partial charge in [-0.3, -0.25) is 9.58 Å². The maximum Gasteiger partial charge on any atom is 0.0693 e. The van der Waals surface area contributed by atoms with Crippen molar-refractivity contribution in [1.82, 2.24) is 14.7 Å². The van der Waals surface area contributed by atoms with E-state index in [4.69, 9.17) is 5.73 Å². The van der Waals surface area contributed by atoms with E-state index in [9.17, 15) is 5.11 Å². The van der Waals surface area contributed by atoms with Gasteiger partial charge in [-0.15, -0.1) is 0 Å². The van der Waals surface area contributed by atoms with Crippen LogP contribution in [0.4, 0.5) is 0 Å². The molecule has 96 valence electrons. The number of piperidine rings is 1. The van der Waals surface area contributed by atoms with Crippen molar-refractivity contribution in [2.24, 2.45) is 18.7 Å².